The summed E-state index contributed by atoms with van der Waals surface area (Å²) in [5, 5.41) is 22.0. The molecule has 1 unspecified atom stereocenters. The predicted molar refractivity (Wildman–Crippen MR) is 66.5 cm³/mol. The van der Waals surface area contributed by atoms with Crippen LogP contribution in [0.3, 0.4) is 0 Å². The van der Waals surface area contributed by atoms with Gasteiger partial charge in [-0.25, -0.2) is 4.98 Å². The molecular formula is C13H12N2OS. The van der Waals surface area contributed by atoms with E-state index < -0.39 is 5.60 Å². The van der Waals surface area contributed by atoms with E-state index in [0.29, 0.717) is 12.0 Å². The zero-order valence-corrected chi connectivity index (χ0v) is 10.2. The molecule has 4 heteroatoms. The fraction of sp³-hybridized carbons (Fsp3) is 0.231. The number of rotatable bonds is 3. The van der Waals surface area contributed by atoms with E-state index in [9.17, 15) is 5.11 Å². The molecule has 0 radical (unpaired) electrons. The zero-order valence-electron chi connectivity index (χ0n) is 9.42. The molecule has 0 aliphatic rings. The number of hydrogen-bond donors (Lipinski definition) is 1. The van der Waals surface area contributed by atoms with Crippen LogP contribution in [-0.4, -0.2) is 10.1 Å². The van der Waals surface area contributed by atoms with E-state index >= 15 is 0 Å². The van der Waals surface area contributed by atoms with E-state index in [-0.39, 0.29) is 0 Å². The molecule has 0 aliphatic carbocycles. The van der Waals surface area contributed by atoms with Gasteiger partial charge in [0, 0.05) is 18.0 Å². The van der Waals surface area contributed by atoms with Crippen LogP contribution in [0.2, 0.25) is 0 Å². The van der Waals surface area contributed by atoms with Crippen LogP contribution in [0.1, 0.15) is 23.1 Å². The van der Waals surface area contributed by atoms with E-state index in [0.717, 1.165) is 10.6 Å². The van der Waals surface area contributed by atoms with E-state index in [1.54, 1.807) is 31.3 Å². The molecule has 17 heavy (non-hydrogen) atoms. The molecule has 1 aromatic heterocycles. The van der Waals surface area contributed by atoms with Gasteiger partial charge in [-0.15, -0.1) is 11.3 Å². The van der Waals surface area contributed by atoms with Gasteiger partial charge in [0.05, 0.1) is 22.2 Å². The summed E-state index contributed by atoms with van der Waals surface area (Å²) in [4.78, 5) is 4.16. The normalized spacial score (nSPS) is 13.9. The summed E-state index contributed by atoms with van der Waals surface area (Å²) in [6, 6.07) is 9.13. The van der Waals surface area contributed by atoms with E-state index in [1.165, 1.54) is 11.3 Å². The molecule has 2 rings (SSSR count). The number of aromatic nitrogens is 1. The molecule has 1 heterocycles. The first kappa shape index (κ1) is 11.8. The van der Waals surface area contributed by atoms with Crippen molar-refractivity contribution < 1.29 is 5.11 Å². The van der Waals surface area contributed by atoms with Gasteiger partial charge in [-0.3, -0.25) is 0 Å². The molecule has 1 N–H and O–H groups in total. The van der Waals surface area contributed by atoms with E-state index in [1.807, 2.05) is 11.4 Å². The minimum atomic E-state index is -0.995. The molecule has 0 saturated carbocycles. The smallest absolute Gasteiger partial charge is 0.0991 e. The fourth-order valence-electron chi connectivity index (χ4n) is 1.66. The van der Waals surface area contributed by atoms with E-state index in [4.69, 9.17) is 5.26 Å². The van der Waals surface area contributed by atoms with Crippen LogP contribution in [0.5, 0.6) is 0 Å². The number of nitrogens with zero attached hydrogens (tertiary/aromatic N) is 2. The Balaban J connectivity index is 2.28. The predicted octanol–water partition coefficient (Wildman–Crippen LogP) is 2.46. The highest BCUT2D eigenvalue weighted by molar-refractivity contribution is 7.09. The van der Waals surface area contributed by atoms with Gasteiger partial charge in [0.1, 0.15) is 0 Å². The summed E-state index contributed by atoms with van der Waals surface area (Å²) >= 11 is 1.52. The topological polar surface area (TPSA) is 56.9 Å². The number of thiazole rings is 1. The molecule has 0 aliphatic heterocycles. The Morgan fingerprint density at radius 2 is 2.35 bits per heavy atom. The highest BCUT2D eigenvalue weighted by Crippen LogP contribution is 2.26. The second-order valence-corrected chi connectivity index (χ2v) is 5.05. The van der Waals surface area contributed by atoms with Crippen LogP contribution in [0.15, 0.2) is 35.8 Å². The van der Waals surface area contributed by atoms with Crippen molar-refractivity contribution in [1.82, 2.24) is 4.98 Å². The quantitative estimate of drug-likeness (QED) is 0.902. The minimum Gasteiger partial charge on any atom is -0.385 e. The average molecular weight is 244 g/mol. The summed E-state index contributed by atoms with van der Waals surface area (Å²) in [7, 11) is 0. The molecule has 2 aromatic rings. The van der Waals surface area contributed by atoms with Crippen LogP contribution in [0.25, 0.3) is 0 Å². The molecule has 1 atom stereocenters. The van der Waals surface area contributed by atoms with Crippen molar-refractivity contribution in [3.05, 3.63) is 52.0 Å². The van der Waals surface area contributed by atoms with Gasteiger partial charge < -0.3 is 5.11 Å². The maximum atomic E-state index is 10.4. The monoisotopic (exact) mass is 244 g/mol. The summed E-state index contributed by atoms with van der Waals surface area (Å²) in [5.74, 6) is 0. The highest BCUT2D eigenvalue weighted by atomic mass is 32.1. The third kappa shape index (κ3) is 2.70. The Hall–Kier alpha value is -1.70. The first-order chi connectivity index (χ1) is 8.12. The molecule has 3 nitrogen and oxygen atoms in total. The second kappa shape index (κ2) is 4.66. The SMILES string of the molecule is CC(O)(Cc1nccs1)c1cccc(C#N)c1. The summed E-state index contributed by atoms with van der Waals surface area (Å²) in [5.41, 5.74) is 0.304. The molecule has 0 spiro atoms. The maximum Gasteiger partial charge on any atom is 0.0991 e. The highest BCUT2D eigenvalue weighted by Gasteiger charge is 2.24. The molecule has 0 amide bonds. The third-order valence-corrected chi connectivity index (χ3v) is 3.37. The van der Waals surface area contributed by atoms with Crippen molar-refractivity contribution in [2.45, 2.75) is 18.9 Å². The second-order valence-electron chi connectivity index (χ2n) is 4.07. The summed E-state index contributed by atoms with van der Waals surface area (Å²) in [6.45, 7) is 1.74. The summed E-state index contributed by atoms with van der Waals surface area (Å²) < 4.78 is 0. The van der Waals surface area contributed by atoms with Crippen molar-refractivity contribution in [3.8, 4) is 6.07 Å². The first-order valence-corrected chi connectivity index (χ1v) is 6.11. The van der Waals surface area contributed by atoms with Crippen LogP contribution in [-0.2, 0) is 12.0 Å². The van der Waals surface area contributed by atoms with Crippen molar-refractivity contribution in [2.24, 2.45) is 0 Å². The largest absolute Gasteiger partial charge is 0.385 e. The number of aliphatic hydroxyl groups is 1. The van der Waals surface area contributed by atoms with Gasteiger partial charge in [0.25, 0.3) is 0 Å². The Bertz CT molecular complexity index is 541. The van der Waals surface area contributed by atoms with Crippen LogP contribution < -0.4 is 0 Å². The number of nitriles is 1. The fourth-order valence-corrected chi connectivity index (χ4v) is 2.43. The molecule has 0 bridgehead atoms. The standard InChI is InChI=1S/C13H12N2OS/c1-13(16,8-12-15-5-6-17-12)11-4-2-3-10(7-11)9-14/h2-7,16H,8H2,1H3. The van der Waals surface area contributed by atoms with Gasteiger partial charge in [-0.2, -0.15) is 5.26 Å². The Labute approximate surface area is 104 Å². The zero-order chi connectivity index (χ0) is 12.3. The van der Waals surface area contributed by atoms with Crippen molar-refractivity contribution in [1.29, 1.82) is 5.26 Å². The first-order valence-electron chi connectivity index (χ1n) is 5.23. The molecule has 1 aromatic carbocycles. The van der Waals surface area contributed by atoms with Gasteiger partial charge in [0.15, 0.2) is 0 Å². The number of benzene rings is 1. The lowest BCUT2D eigenvalue weighted by molar-refractivity contribution is 0.0575. The van der Waals surface area contributed by atoms with Crippen LogP contribution >= 0.6 is 11.3 Å². The molecule has 86 valence electrons. The van der Waals surface area contributed by atoms with Gasteiger partial charge in [-0.05, 0) is 24.6 Å². The Kier molecular flexibility index (Phi) is 3.23. The van der Waals surface area contributed by atoms with Crippen molar-refractivity contribution >= 4 is 11.3 Å². The molecular weight excluding hydrogens is 232 g/mol. The van der Waals surface area contributed by atoms with Gasteiger partial charge in [-0.1, -0.05) is 12.1 Å². The van der Waals surface area contributed by atoms with Gasteiger partial charge >= 0.3 is 0 Å². The molecule has 0 fully saturated rings. The van der Waals surface area contributed by atoms with Crippen molar-refractivity contribution in [3.63, 3.8) is 0 Å². The Morgan fingerprint density at radius 1 is 1.53 bits per heavy atom. The summed E-state index contributed by atoms with van der Waals surface area (Å²) in [6.07, 6.45) is 2.18. The maximum absolute atomic E-state index is 10.4. The third-order valence-electron chi connectivity index (χ3n) is 2.59. The Morgan fingerprint density at radius 3 is 3.00 bits per heavy atom. The van der Waals surface area contributed by atoms with Gasteiger partial charge in [0.2, 0.25) is 0 Å². The lowest BCUT2D eigenvalue weighted by Gasteiger charge is -2.22. The molecule has 0 saturated heterocycles. The lowest BCUT2D eigenvalue weighted by Crippen LogP contribution is -2.24. The van der Waals surface area contributed by atoms with Crippen molar-refractivity contribution in [2.75, 3.05) is 0 Å². The van der Waals surface area contributed by atoms with Crippen LogP contribution in [0, 0.1) is 11.3 Å². The van der Waals surface area contributed by atoms with E-state index in [2.05, 4.69) is 11.1 Å². The minimum absolute atomic E-state index is 0.458. The lowest BCUT2D eigenvalue weighted by atomic mass is 9.92. The number of hydrogen-bond acceptors (Lipinski definition) is 4. The average Bonchev–Trinajstić information content (AvgIpc) is 2.81. The van der Waals surface area contributed by atoms with Crippen LogP contribution in [0.4, 0.5) is 0 Å².